The van der Waals surface area contributed by atoms with E-state index in [0.717, 1.165) is 69.0 Å². The topological polar surface area (TPSA) is 98.8 Å². The number of nitrogens with one attached hydrogen (secondary N) is 1. The number of halogens is 2. The number of ketones is 2. The van der Waals surface area contributed by atoms with Gasteiger partial charge in [0.05, 0.1) is 0 Å². The molecule has 2 rings (SSSR count). The minimum Gasteiger partial charge on any atom is -1.00 e. The number of rotatable bonds is 6. The Kier molecular flexibility index (Phi) is 47.1. The van der Waals surface area contributed by atoms with Crippen molar-refractivity contribution in [3.8, 4) is 0 Å². The van der Waals surface area contributed by atoms with Gasteiger partial charge in [-0.1, -0.05) is 43.6 Å². The van der Waals surface area contributed by atoms with Gasteiger partial charge in [0.1, 0.15) is 11.6 Å². The summed E-state index contributed by atoms with van der Waals surface area (Å²) in [5.41, 5.74) is 0. The second-order valence-corrected chi connectivity index (χ2v) is 8.71. The Balaban J connectivity index is -0.0000000762. The SMILES string of the molecule is CC(C)CCBr.CC(C)CCN1CCC(=O)CC1.Cl.O=C1CCNCC1.O=CO[O-].[H-].[K+].[K+]. The number of Topliss-reactive ketones (excluding diaryl/α,β-unsaturated/α-hetero) is 2. The van der Waals surface area contributed by atoms with E-state index in [1.54, 1.807) is 0 Å². The molecule has 2 aliphatic heterocycles. The average Bonchev–Trinajstić information content (AvgIpc) is 2.69. The van der Waals surface area contributed by atoms with Gasteiger partial charge in [0, 0.05) is 57.2 Å². The molecule has 0 aromatic carbocycles. The minimum atomic E-state index is -0.181. The quantitative estimate of drug-likeness (QED) is 0.115. The first-order valence-electron chi connectivity index (χ1n) is 10.5. The van der Waals surface area contributed by atoms with Crippen molar-refractivity contribution in [2.45, 2.75) is 66.2 Å². The van der Waals surface area contributed by atoms with E-state index in [0.29, 0.717) is 11.6 Å². The van der Waals surface area contributed by atoms with E-state index in [4.69, 9.17) is 10.1 Å². The largest absolute Gasteiger partial charge is 1.00 e. The number of piperidine rings is 2. The van der Waals surface area contributed by atoms with Crippen molar-refractivity contribution in [1.29, 1.82) is 0 Å². The van der Waals surface area contributed by atoms with Crippen molar-refractivity contribution in [3.05, 3.63) is 0 Å². The Bertz CT molecular complexity index is 425. The van der Waals surface area contributed by atoms with Crippen LogP contribution in [0.1, 0.15) is 67.6 Å². The summed E-state index contributed by atoms with van der Waals surface area (Å²) in [6.45, 7) is 13.7. The maximum absolute atomic E-state index is 10.9. The summed E-state index contributed by atoms with van der Waals surface area (Å²) >= 11 is 3.35. The zero-order chi connectivity index (χ0) is 22.5. The predicted octanol–water partition coefficient (Wildman–Crippen LogP) is -2.96. The van der Waals surface area contributed by atoms with Gasteiger partial charge in [0.25, 0.3) is 6.47 Å². The van der Waals surface area contributed by atoms with E-state index in [1.807, 2.05) is 0 Å². The molecule has 0 bridgehead atoms. The van der Waals surface area contributed by atoms with E-state index in [2.05, 4.69) is 58.7 Å². The zero-order valence-corrected chi connectivity index (χ0v) is 29.6. The normalized spacial score (nSPS) is 15.1. The molecule has 0 saturated carbocycles. The van der Waals surface area contributed by atoms with Crippen LogP contribution in [0.3, 0.4) is 0 Å². The molecule has 7 nitrogen and oxygen atoms in total. The van der Waals surface area contributed by atoms with Crippen molar-refractivity contribution in [1.82, 2.24) is 10.2 Å². The molecular formula is C21H42BrClK2N2O5. The van der Waals surface area contributed by atoms with E-state index in [9.17, 15) is 9.59 Å². The Morgan fingerprint density at radius 2 is 1.41 bits per heavy atom. The molecule has 2 heterocycles. The number of carbonyl (C=O) groups is 3. The standard InChI is InChI=1S/C10H19NO.C5H11Br.C5H9NO.CH2O3.ClH.2K.H/c1-9(2)3-6-11-7-4-10(12)5-8-11;1-5(2)3-4-6;7-5-1-3-6-4-2-5;2-1-4-3;;;;/h9H,3-8H2,1-2H3;5H,3-4H2,1-2H3;6H,1-4H2;1,3H;1H;;;/q;;;;;2*+1;-1/p-1. The summed E-state index contributed by atoms with van der Waals surface area (Å²) in [4.78, 5) is 35.0. The molecule has 182 valence electrons. The second kappa shape index (κ2) is 33.7. The van der Waals surface area contributed by atoms with Crippen LogP contribution in [0, 0.1) is 11.8 Å². The van der Waals surface area contributed by atoms with Gasteiger partial charge in [-0.2, -0.15) is 0 Å². The summed E-state index contributed by atoms with van der Waals surface area (Å²) in [6, 6.07) is 0. The van der Waals surface area contributed by atoms with Crippen molar-refractivity contribution in [2.24, 2.45) is 11.8 Å². The molecule has 0 spiro atoms. The van der Waals surface area contributed by atoms with Crippen LogP contribution in [0.2, 0.25) is 0 Å². The second-order valence-electron chi connectivity index (χ2n) is 7.92. The van der Waals surface area contributed by atoms with Crippen LogP contribution in [0.5, 0.6) is 0 Å². The van der Waals surface area contributed by atoms with E-state index in [1.165, 1.54) is 19.4 Å². The number of hydrogen-bond acceptors (Lipinski definition) is 7. The number of carbonyl (C=O) groups excluding carboxylic acids is 3. The fraction of sp³-hybridized carbons (Fsp3) is 0.857. The molecule has 32 heavy (non-hydrogen) atoms. The summed E-state index contributed by atoms with van der Waals surface area (Å²) in [6.07, 6.45) is 5.57. The van der Waals surface area contributed by atoms with Gasteiger partial charge in [-0.05, 0) is 31.2 Å². The Morgan fingerprint density at radius 3 is 1.66 bits per heavy atom. The first-order chi connectivity index (χ1) is 13.8. The molecule has 2 aliphatic rings. The van der Waals surface area contributed by atoms with Crippen LogP contribution >= 0.6 is 28.3 Å². The molecule has 0 amide bonds. The van der Waals surface area contributed by atoms with Crippen LogP contribution in [-0.4, -0.2) is 61.0 Å². The van der Waals surface area contributed by atoms with Crippen LogP contribution in [0.4, 0.5) is 0 Å². The third-order valence-corrected chi connectivity index (χ3v) is 4.78. The average molecular weight is 596 g/mol. The Labute approximate surface area is 296 Å². The third-order valence-electron chi connectivity index (χ3n) is 4.32. The summed E-state index contributed by atoms with van der Waals surface area (Å²) < 4.78 is 0. The van der Waals surface area contributed by atoms with Crippen LogP contribution in [0.25, 0.3) is 0 Å². The molecule has 2 saturated heterocycles. The monoisotopic (exact) mass is 594 g/mol. The zero-order valence-electron chi connectivity index (χ0n) is 22.0. The van der Waals surface area contributed by atoms with Crippen molar-refractivity contribution >= 4 is 46.4 Å². The fourth-order valence-corrected chi connectivity index (χ4v) is 3.31. The number of hydrogen-bond donors (Lipinski definition) is 1. The Hall–Kier alpha value is 2.73. The van der Waals surface area contributed by atoms with Crippen LogP contribution in [-0.2, 0) is 19.3 Å². The third kappa shape index (κ3) is 37.3. The molecule has 1 N–H and O–H groups in total. The van der Waals surface area contributed by atoms with Gasteiger partial charge < -0.3 is 21.8 Å². The van der Waals surface area contributed by atoms with Gasteiger partial charge in [-0.15, -0.1) is 12.4 Å². The summed E-state index contributed by atoms with van der Waals surface area (Å²) in [5.74, 6) is 2.47. The van der Waals surface area contributed by atoms with Gasteiger partial charge in [-0.3, -0.25) is 14.4 Å². The molecular weight excluding hydrogens is 554 g/mol. The van der Waals surface area contributed by atoms with E-state index in [-0.39, 0.29) is 123 Å². The Morgan fingerprint density at radius 1 is 1.00 bits per heavy atom. The molecule has 2 fully saturated rings. The molecule has 0 atom stereocenters. The minimum absolute atomic E-state index is 0. The number of nitrogens with zero attached hydrogens (tertiary/aromatic N) is 1. The van der Waals surface area contributed by atoms with Gasteiger partial charge in [-0.25, -0.2) is 0 Å². The summed E-state index contributed by atoms with van der Waals surface area (Å²) in [7, 11) is 0. The van der Waals surface area contributed by atoms with E-state index >= 15 is 0 Å². The van der Waals surface area contributed by atoms with Gasteiger partial charge in [0.2, 0.25) is 0 Å². The molecule has 0 aliphatic carbocycles. The maximum atomic E-state index is 10.9. The predicted molar refractivity (Wildman–Crippen MR) is 126 cm³/mol. The van der Waals surface area contributed by atoms with E-state index < -0.39 is 0 Å². The number of alkyl halides is 1. The van der Waals surface area contributed by atoms with Crippen LogP contribution in [0.15, 0.2) is 0 Å². The summed E-state index contributed by atoms with van der Waals surface area (Å²) in [5, 5.41) is 12.7. The van der Waals surface area contributed by atoms with Crippen molar-refractivity contribution < 1.29 is 129 Å². The van der Waals surface area contributed by atoms with Crippen molar-refractivity contribution in [3.63, 3.8) is 0 Å². The van der Waals surface area contributed by atoms with Gasteiger partial charge >= 0.3 is 103 Å². The molecule has 0 radical (unpaired) electrons. The smallest absolute Gasteiger partial charge is 1.00 e. The van der Waals surface area contributed by atoms with Gasteiger partial charge in [0.15, 0.2) is 0 Å². The molecule has 0 unspecified atom stereocenters. The molecule has 11 heteroatoms. The maximum Gasteiger partial charge on any atom is 1.00 e. The van der Waals surface area contributed by atoms with Crippen molar-refractivity contribution in [2.75, 3.05) is 38.1 Å². The first-order valence-corrected chi connectivity index (χ1v) is 11.6. The molecule has 0 aromatic rings. The first kappa shape index (κ1) is 44.7. The molecule has 0 aromatic heterocycles. The fourth-order valence-electron chi connectivity index (χ4n) is 2.39. The number of likely N-dealkylation sites (tertiary alicyclic amines) is 1. The van der Waals surface area contributed by atoms with Crippen LogP contribution < -0.4 is 113 Å².